The normalized spacial score (nSPS) is 13.2. The van der Waals surface area contributed by atoms with Gasteiger partial charge in [-0.05, 0) is 25.3 Å². The van der Waals surface area contributed by atoms with Gasteiger partial charge in [0, 0.05) is 18.4 Å². The average Bonchev–Trinajstić information content (AvgIpc) is 2.61. The van der Waals surface area contributed by atoms with Crippen LogP contribution in [0.3, 0.4) is 0 Å². The summed E-state index contributed by atoms with van der Waals surface area (Å²) < 4.78 is 2.21. The number of nitrogens with two attached hydrogens (primary N) is 1. The maximum atomic E-state index is 5.47. The van der Waals surface area contributed by atoms with Crippen molar-refractivity contribution in [3.63, 3.8) is 0 Å². The minimum Gasteiger partial charge on any atom is -0.334 e. The molecular weight excluding hydrogens is 162 g/mol. The molecular formula is C10H19N3. The fraction of sp³-hybridized carbons (Fsp3) is 0.700. The van der Waals surface area contributed by atoms with Crippen LogP contribution in [0.5, 0.6) is 0 Å². The Morgan fingerprint density at radius 1 is 1.62 bits per heavy atom. The van der Waals surface area contributed by atoms with Crippen LogP contribution in [-0.4, -0.2) is 16.1 Å². The number of rotatable bonds is 5. The van der Waals surface area contributed by atoms with Gasteiger partial charge in [-0.2, -0.15) is 0 Å². The summed E-state index contributed by atoms with van der Waals surface area (Å²) in [7, 11) is 0. The van der Waals surface area contributed by atoms with Gasteiger partial charge >= 0.3 is 0 Å². The van der Waals surface area contributed by atoms with E-state index in [1.165, 1.54) is 5.69 Å². The molecule has 0 aliphatic carbocycles. The number of nitrogens with zero attached hydrogens (tertiary/aromatic N) is 2. The molecule has 1 aromatic rings. The van der Waals surface area contributed by atoms with Crippen LogP contribution < -0.4 is 5.73 Å². The van der Waals surface area contributed by atoms with Gasteiger partial charge in [0.25, 0.3) is 0 Å². The lowest BCUT2D eigenvalue weighted by atomic mass is 10.1. The van der Waals surface area contributed by atoms with E-state index in [0.29, 0.717) is 5.92 Å². The predicted molar refractivity (Wildman–Crippen MR) is 54.6 cm³/mol. The maximum absolute atomic E-state index is 5.47. The van der Waals surface area contributed by atoms with Crippen LogP contribution in [0.1, 0.15) is 38.3 Å². The topological polar surface area (TPSA) is 43.8 Å². The molecule has 74 valence electrons. The van der Waals surface area contributed by atoms with E-state index in [1.807, 2.05) is 12.5 Å². The van der Waals surface area contributed by atoms with E-state index in [-0.39, 0.29) is 0 Å². The van der Waals surface area contributed by atoms with Gasteiger partial charge in [0.1, 0.15) is 0 Å². The number of aryl methyl sites for hydroxylation is 1. The zero-order valence-electron chi connectivity index (χ0n) is 8.53. The van der Waals surface area contributed by atoms with Gasteiger partial charge in [0.15, 0.2) is 0 Å². The van der Waals surface area contributed by atoms with Crippen molar-refractivity contribution in [2.24, 2.45) is 5.73 Å². The Hall–Kier alpha value is -0.830. The largest absolute Gasteiger partial charge is 0.334 e. The van der Waals surface area contributed by atoms with Gasteiger partial charge in [-0.15, -0.1) is 0 Å². The Labute approximate surface area is 80.0 Å². The highest BCUT2D eigenvalue weighted by Crippen LogP contribution is 2.17. The van der Waals surface area contributed by atoms with Crippen LogP contribution in [0.25, 0.3) is 0 Å². The SMILES string of the molecule is CCC(C)c1cncn1CCCN. The molecule has 1 atom stereocenters. The van der Waals surface area contributed by atoms with Gasteiger partial charge in [0.05, 0.1) is 6.33 Å². The van der Waals surface area contributed by atoms with Crippen molar-refractivity contribution in [2.45, 2.75) is 39.2 Å². The van der Waals surface area contributed by atoms with E-state index in [2.05, 4.69) is 23.4 Å². The van der Waals surface area contributed by atoms with E-state index in [0.717, 1.165) is 25.9 Å². The molecule has 2 N–H and O–H groups in total. The molecule has 0 saturated carbocycles. The molecule has 1 aromatic heterocycles. The molecule has 0 aromatic carbocycles. The molecule has 3 heteroatoms. The highest BCUT2D eigenvalue weighted by atomic mass is 15.0. The molecule has 1 unspecified atom stereocenters. The van der Waals surface area contributed by atoms with E-state index in [4.69, 9.17) is 5.73 Å². The summed E-state index contributed by atoms with van der Waals surface area (Å²) in [6, 6.07) is 0. The van der Waals surface area contributed by atoms with Crippen molar-refractivity contribution in [3.05, 3.63) is 18.2 Å². The molecule has 0 bridgehead atoms. The third-order valence-corrected chi connectivity index (χ3v) is 2.46. The third kappa shape index (κ3) is 2.56. The molecule has 1 heterocycles. The van der Waals surface area contributed by atoms with Crippen molar-refractivity contribution < 1.29 is 0 Å². The second kappa shape index (κ2) is 5.02. The molecule has 0 amide bonds. The maximum Gasteiger partial charge on any atom is 0.0948 e. The first-order valence-corrected chi connectivity index (χ1v) is 4.99. The molecule has 0 radical (unpaired) electrons. The molecule has 0 saturated heterocycles. The van der Waals surface area contributed by atoms with E-state index in [1.54, 1.807) is 0 Å². The van der Waals surface area contributed by atoms with E-state index < -0.39 is 0 Å². The second-order valence-corrected chi connectivity index (χ2v) is 3.46. The summed E-state index contributed by atoms with van der Waals surface area (Å²) in [5, 5.41) is 0. The van der Waals surface area contributed by atoms with Crippen LogP contribution in [0.4, 0.5) is 0 Å². The van der Waals surface area contributed by atoms with E-state index in [9.17, 15) is 0 Å². The number of hydrogen-bond donors (Lipinski definition) is 1. The number of imidazole rings is 1. The summed E-state index contributed by atoms with van der Waals surface area (Å²) in [6.45, 7) is 6.18. The summed E-state index contributed by atoms with van der Waals surface area (Å²) >= 11 is 0. The van der Waals surface area contributed by atoms with Crippen LogP contribution in [0.2, 0.25) is 0 Å². The molecule has 13 heavy (non-hydrogen) atoms. The Kier molecular flexibility index (Phi) is 3.96. The zero-order valence-corrected chi connectivity index (χ0v) is 8.53. The van der Waals surface area contributed by atoms with Crippen molar-refractivity contribution in [3.8, 4) is 0 Å². The van der Waals surface area contributed by atoms with Crippen molar-refractivity contribution in [1.29, 1.82) is 0 Å². The highest BCUT2D eigenvalue weighted by molar-refractivity contribution is 5.04. The first-order valence-electron chi connectivity index (χ1n) is 4.99. The first-order chi connectivity index (χ1) is 6.29. The number of hydrogen-bond acceptors (Lipinski definition) is 2. The molecule has 0 aliphatic heterocycles. The quantitative estimate of drug-likeness (QED) is 0.752. The molecule has 0 aliphatic rings. The van der Waals surface area contributed by atoms with Crippen LogP contribution >= 0.6 is 0 Å². The fourth-order valence-corrected chi connectivity index (χ4v) is 1.40. The monoisotopic (exact) mass is 181 g/mol. The fourth-order valence-electron chi connectivity index (χ4n) is 1.40. The third-order valence-electron chi connectivity index (χ3n) is 2.46. The highest BCUT2D eigenvalue weighted by Gasteiger charge is 2.07. The van der Waals surface area contributed by atoms with Crippen LogP contribution in [0.15, 0.2) is 12.5 Å². The minimum absolute atomic E-state index is 0.597. The number of aromatic nitrogens is 2. The lowest BCUT2D eigenvalue weighted by Crippen LogP contribution is -2.08. The van der Waals surface area contributed by atoms with Crippen molar-refractivity contribution >= 4 is 0 Å². The van der Waals surface area contributed by atoms with Crippen molar-refractivity contribution in [1.82, 2.24) is 9.55 Å². The lowest BCUT2D eigenvalue weighted by molar-refractivity contribution is 0.583. The Morgan fingerprint density at radius 3 is 3.00 bits per heavy atom. The molecule has 3 nitrogen and oxygen atoms in total. The lowest BCUT2D eigenvalue weighted by Gasteiger charge is -2.11. The Morgan fingerprint density at radius 2 is 2.38 bits per heavy atom. The van der Waals surface area contributed by atoms with Gasteiger partial charge in [-0.25, -0.2) is 4.98 Å². The smallest absolute Gasteiger partial charge is 0.0948 e. The second-order valence-electron chi connectivity index (χ2n) is 3.46. The van der Waals surface area contributed by atoms with Crippen LogP contribution in [-0.2, 0) is 6.54 Å². The summed E-state index contributed by atoms with van der Waals surface area (Å²) in [4.78, 5) is 4.17. The minimum atomic E-state index is 0.597. The Bertz CT molecular complexity index is 242. The van der Waals surface area contributed by atoms with Gasteiger partial charge in [0.2, 0.25) is 0 Å². The molecule has 0 fully saturated rings. The summed E-state index contributed by atoms with van der Waals surface area (Å²) in [5.41, 5.74) is 6.80. The first kappa shape index (κ1) is 10.3. The molecule has 1 rings (SSSR count). The van der Waals surface area contributed by atoms with Crippen LogP contribution in [0, 0.1) is 0 Å². The molecule has 0 spiro atoms. The van der Waals surface area contributed by atoms with Crippen molar-refractivity contribution in [2.75, 3.05) is 6.54 Å². The van der Waals surface area contributed by atoms with E-state index >= 15 is 0 Å². The predicted octanol–water partition coefficient (Wildman–Crippen LogP) is 1.75. The zero-order chi connectivity index (χ0) is 9.68. The van der Waals surface area contributed by atoms with Gasteiger partial charge in [-0.1, -0.05) is 13.8 Å². The van der Waals surface area contributed by atoms with Gasteiger partial charge in [-0.3, -0.25) is 0 Å². The Balaban J connectivity index is 2.65. The summed E-state index contributed by atoms with van der Waals surface area (Å²) in [5.74, 6) is 0.597. The van der Waals surface area contributed by atoms with Gasteiger partial charge < -0.3 is 10.3 Å². The standard InChI is InChI=1S/C10H19N3/c1-3-9(2)10-7-12-8-13(10)6-4-5-11/h7-9H,3-6,11H2,1-2H3. The average molecular weight is 181 g/mol. The summed E-state index contributed by atoms with van der Waals surface area (Å²) in [6.07, 6.45) is 6.05.